The van der Waals surface area contributed by atoms with Crippen molar-refractivity contribution >= 4 is 11.3 Å². The molecule has 0 aliphatic heterocycles. The largest absolute Gasteiger partial charge is 0.330 e. The Morgan fingerprint density at radius 2 is 2.06 bits per heavy atom. The van der Waals surface area contributed by atoms with Gasteiger partial charge in [0.1, 0.15) is 0 Å². The van der Waals surface area contributed by atoms with Crippen LogP contribution < -0.4 is 11.1 Å². The summed E-state index contributed by atoms with van der Waals surface area (Å²) in [5.41, 5.74) is 6.89. The Morgan fingerprint density at radius 1 is 1.35 bits per heavy atom. The van der Waals surface area contributed by atoms with Crippen molar-refractivity contribution in [3.63, 3.8) is 0 Å². The molecule has 3 nitrogen and oxygen atoms in total. The fraction of sp³-hybridized carbons (Fsp3) is 0.769. The molecule has 0 bridgehead atoms. The first kappa shape index (κ1) is 13.0. The molecule has 4 heteroatoms. The molecule has 1 aromatic heterocycles. The smallest absolute Gasteiger partial charge is 0.0897 e. The highest BCUT2D eigenvalue weighted by atomic mass is 32.1. The summed E-state index contributed by atoms with van der Waals surface area (Å²) >= 11 is 1.73. The van der Waals surface area contributed by atoms with E-state index < -0.39 is 0 Å². The van der Waals surface area contributed by atoms with Crippen LogP contribution in [0.5, 0.6) is 0 Å². The number of aryl methyl sites for hydroxylation is 1. The van der Waals surface area contributed by atoms with Gasteiger partial charge in [-0.25, -0.2) is 4.98 Å². The first-order valence-corrected chi connectivity index (χ1v) is 7.47. The van der Waals surface area contributed by atoms with Crippen molar-refractivity contribution in [1.29, 1.82) is 0 Å². The van der Waals surface area contributed by atoms with Crippen molar-refractivity contribution in [2.24, 2.45) is 17.6 Å². The maximum absolute atomic E-state index is 5.70. The van der Waals surface area contributed by atoms with Gasteiger partial charge in [0.2, 0.25) is 0 Å². The van der Waals surface area contributed by atoms with E-state index in [1.165, 1.54) is 31.4 Å². The maximum atomic E-state index is 5.70. The molecule has 0 amide bonds. The zero-order valence-electron chi connectivity index (χ0n) is 10.6. The maximum Gasteiger partial charge on any atom is 0.0897 e. The molecule has 0 spiro atoms. The van der Waals surface area contributed by atoms with Gasteiger partial charge in [-0.2, -0.15) is 0 Å². The number of hydrogen-bond acceptors (Lipinski definition) is 4. The third-order valence-corrected chi connectivity index (χ3v) is 4.53. The van der Waals surface area contributed by atoms with E-state index in [0.717, 1.165) is 36.5 Å². The number of nitrogens with one attached hydrogen (secondary N) is 1. The molecule has 1 aromatic rings. The van der Waals surface area contributed by atoms with Gasteiger partial charge >= 0.3 is 0 Å². The second-order valence-corrected chi connectivity index (χ2v) is 6.17. The predicted molar refractivity (Wildman–Crippen MR) is 73.1 cm³/mol. The lowest BCUT2D eigenvalue weighted by Gasteiger charge is -2.27. The van der Waals surface area contributed by atoms with Crippen LogP contribution >= 0.6 is 11.3 Å². The molecule has 3 N–H and O–H groups in total. The van der Waals surface area contributed by atoms with E-state index in [9.17, 15) is 0 Å². The topological polar surface area (TPSA) is 50.9 Å². The van der Waals surface area contributed by atoms with Crippen LogP contribution in [0.3, 0.4) is 0 Å². The van der Waals surface area contributed by atoms with E-state index in [1.807, 2.05) is 0 Å². The van der Waals surface area contributed by atoms with Crippen LogP contribution in [-0.4, -0.2) is 18.1 Å². The Morgan fingerprint density at radius 3 is 2.65 bits per heavy atom. The van der Waals surface area contributed by atoms with E-state index in [2.05, 4.69) is 22.6 Å². The lowest BCUT2D eigenvalue weighted by atomic mass is 9.82. The Balaban J connectivity index is 1.63. The van der Waals surface area contributed by atoms with Gasteiger partial charge in [-0.3, -0.25) is 0 Å². The van der Waals surface area contributed by atoms with Crippen molar-refractivity contribution < 1.29 is 0 Å². The summed E-state index contributed by atoms with van der Waals surface area (Å²) in [6.07, 6.45) is 5.31. The van der Waals surface area contributed by atoms with Crippen molar-refractivity contribution in [1.82, 2.24) is 10.3 Å². The Kier molecular flexibility index (Phi) is 4.95. The second kappa shape index (κ2) is 6.47. The molecule has 1 heterocycles. The SMILES string of the molecule is Cc1nc(CNCC2CCC(CN)CC2)cs1. The van der Waals surface area contributed by atoms with Gasteiger partial charge in [0, 0.05) is 11.9 Å². The van der Waals surface area contributed by atoms with Crippen LogP contribution in [0.1, 0.15) is 36.4 Å². The summed E-state index contributed by atoms with van der Waals surface area (Å²) < 4.78 is 0. The standard InChI is InChI=1S/C13H23N3S/c1-10-16-13(9-17-10)8-15-7-12-4-2-11(6-14)3-5-12/h9,11-12,15H,2-8,14H2,1H3. The van der Waals surface area contributed by atoms with Crippen molar-refractivity contribution in [2.75, 3.05) is 13.1 Å². The normalized spacial score (nSPS) is 25.1. The lowest BCUT2D eigenvalue weighted by molar-refractivity contribution is 0.272. The van der Waals surface area contributed by atoms with Crippen LogP contribution in [-0.2, 0) is 6.54 Å². The molecule has 96 valence electrons. The summed E-state index contributed by atoms with van der Waals surface area (Å²) in [4.78, 5) is 4.46. The minimum Gasteiger partial charge on any atom is -0.330 e. The van der Waals surface area contributed by atoms with Crippen LogP contribution in [0.15, 0.2) is 5.38 Å². The number of nitrogens with two attached hydrogens (primary N) is 1. The molecule has 0 saturated heterocycles. The molecule has 0 unspecified atom stereocenters. The summed E-state index contributed by atoms with van der Waals surface area (Å²) in [5.74, 6) is 1.63. The number of thiazole rings is 1. The fourth-order valence-corrected chi connectivity index (χ4v) is 3.18. The summed E-state index contributed by atoms with van der Waals surface area (Å²) in [5, 5.41) is 6.83. The first-order valence-electron chi connectivity index (χ1n) is 6.59. The van der Waals surface area contributed by atoms with Crippen LogP contribution in [0.25, 0.3) is 0 Å². The predicted octanol–water partition coefficient (Wildman–Crippen LogP) is 2.31. The summed E-state index contributed by atoms with van der Waals surface area (Å²) in [6, 6.07) is 0. The van der Waals surface area contributed by atoms with Gasteiger partial charge in [-0.15, -0.1) is 11.3 Å². The fourth-order valence-electron chi connectivity index (χ4n) is 2.57. The average molecular weight is 253 g/mol. The molecule has 0 radical (unpaired) electrons. The Bertz CT molecular complexity index is 329. The van der Waals surface area contributed by atoms with Gasteiger partial charge in [-0.05, 0) is 57.5 Å². The molecule has 17 heavy (non-hydrogen) atoms. The first-order chi connectivity index (χ1) is 8.28. The second-order valence-electron chi connectivity index (χ2n) is 5.11. The highest BCUT2D eigenvalue weighted by molar-refractivity contribution is 7.09. The quantitative estimate of drug-likeness (QED) is 0.846. The highest BCUT2D eigenvalue weighted by Gasteiger charge is 2.19. The molecule has 1 fully saturated rings. The van der Waals surface area contributed by atoms with Crippen molar-refractivity contribution in [3.05, 3.63) is 16.1 Å². The van der Waals surface area contributed by atoms with Gasteiger partial charge < -0.3 is 11.1 Å². The zero-order chi connectivity index (χ0) is 12.1. The Labute approximate surface area is 108 Å². The summed E-state index contributed by atoms with van der Waals surface area (Å²) in [7, 11) is 0. The van der Waals surface area contributed by atoms with E-state index in [1.54, 1.807) is 11.3 Å². The van der Waals surface area contributed by atoms with Crippen LogP contribution in [0.2, 0.25) is 0 Å². The average Bonchev–Trinajstić information content (AvgIpc) is 2.76. The molecular weight excluding hydrogens is 230 g/mol. The third-order valence-electron chi connectivity index (χ3n) is 3.71. The van der Waals surface area contributed by atoms with Gasteiger partial charge in [0.25, 0.3) is 0 Å². The van der Waals surface area contributed by atoms with Crippen molar-refractivity contribution in [3.8, 4) is 0 Å². The number of nitrogens with zero attached hydrogens (tertiary/aromatic N) is 1. The van der Waals surface area contributed by atoms with E-state index >= 15 is 0 Å². The van der Waals surface area contributed by atoms with Crippen LogP contribution in [0, 0.1) is 18.8 Å². The third kappa shape index (κ3) is 4.05. The number of hydrogen-bond donors (Lipinski definition) is 2. The number of rotatable bonds is 5. The Hall–Kier alpha value is -0.450. The monoisotopic (exact) mass is 253 g/mol. The van der Waals surface area contributed by atoms with Crippen LogP contribution in [0.4, 0.5) is 0 Å². The molecule has 2 rings (SSSR count). The van der Waals surface area contributed by atoms with Gasteiger partial charge in [0.15, 0.2) is 0 Å². The van der Waals surface area contributed by atoms with Gasteiger partial charge in [-0.1, -0.05) is 0 Å². The van der Waals surface area contributed by atoms with E-state index in [4.69, 9.17) is 5.73 Å². The molecule has 0 atom stereocenters. The molecular formula is C13H23N3S. The highest BCUT2D eigenvalue weighted by Crippen LogP contribution is 2.27. The van der Waals surface area contributed by atoms with E-state index in [0.29, 0.717) is 0 Å². The minimum atomic E-state index is 0.785. The zero-order valence-corrected chi connectivity index (χ0v) is 11.4. The lowest BCUT2D eigenvalue weighted by Crippen LogP contribution is -2.28. The molecule has 1 aliphatic rings. The van der Waals surface area contributed by atoms with Crippen molar-refractivity contribution in [2.45, 2.75) is 39.2 Å². The van der Waals surface area contributed by atoms with E-state index in [-0.39, 0.29) is 0 Å². The molecule has 1 saturated carbocycles. The molecule has 1 aliphatic carbocycles. The molecule has 0 aromatic carbocycles. The van der Waals surface area contributed by atoms with Gasteiger partial charge in [0.05, 0.1) is 10.7 Å². The number of aromatic nitrogens is 1. The summed E-state index contributed by atoms with van der Waals surface area (Å²) in [6.45, 7) is 4.98. The minimum absolute atomic E-state index is 0.785.